The lowest BCUT2D eigenvalue weighted by molar-refractivity contribution is 0.553. The van der Waals surface area contributed by atoms with Gasteiger partial charge in [0.2, 0.25) is 0 Å². The van der Waals surface area contributed by atoms with Gasteiger partial charge in [-0.1, -0.05) is 22.9 Å². The Bertz CT molecular complexity index is 568. The van der Waals surface area contributed by atoms with E-state index in [2.05, 4.69) is 50.0 Å². The van der Waals surface area contributed by atoms with Crippen LogP contribution in [0.5, 0.6) is 0 Å². The zero-order valence-electron chi connectivity index (χ0n) is 10.6. The van der Waals surface area contributed by atoms with Crippen LogP contribution < -0.4 is 4.90 Å². The summed E-state index contributed by atoms with van der Waals surface area (Å²) in [4.78, 5) is 11.4. The Labute approximate surface area is 119 Å². The van der Waals surface area contributed by atoms with Crippen molar-refractivity contribution in [1.29, 1.82) is 0 Å². The van der Waals surface area contributed by atoms with Crippen LogP contribution in [0.15, 0.2) is 11.7 Å². The second kappa shape index (κ2) is 4.78. The van der Waals surface area contributed by atoms with E-state index in [1.807, 2.05) is 0 Å². The molecule has 0 saturated carbocycles. The van der Waals surface area contributed by atoms with Crippen molar-refractivity contribution in [1.82, 2.24) is 9.97 Å². The van der Waals surface area contributed by atoms with Gasteiger partial charge < -0.3 is 4.90 Å². The molecule has 1 aliphatic heterocycles. The fourth-order valence-corrected chi connectivity index (χ4v) is 4.66. The molecule has 0 aliphatic carbocycles. The maximum atomic E-state index is 4.54. The minimum Gasteiger partial charge on any atom is -0.351 e. The molecule has 0 bridgehead atoms. The summed E-state index contributed by atoms with van der Waals surface area (Å²) in [5.41, 5.74) is 2.36. The predicted molar refractivity (Wildman–Crippen MR) is 80.9 cm³/mol. The highest BCUT2D eigenvalue weighted by atomic mass is 79.9. The average molecular weight is 326 g/mol. The summed E-state index contributed by atoms with van der Waals surface area (Å²) in [6.07, 6.45) is 2.94. The molecule has 0 aromatic carbocycles. The number of fused-ring (bicyclic) bond motifs is 1. The van der Waals surface area contributed by atoms with Crippen LogP contribution in [0.4, 0.5) is 5.82 Å². The van der Waals surface area contributed by atoms with E-state index in [4.69, 9.17) is 0 Å². The third kappa shape index (κ3) is 1.84. The van der Waals surface area contributed by atoms with Gasteiger partial charge in [0.05, 0.1) is 10.2 Å². The SMILES string of the molecule is Cc1csc2c(N3CCC(C)C3CBr)ncnc12. The first-order valence-electron chi connectivity index (χ1n) is 6.23. The summed E-state index contributed by atoms with van der Waals surface area (Å²) in [6.45, 7) is 5.54. The zero-order chi connectivity index (χ0) is 12.7. The highest BCUT2D eigenvalue weighted by Gasteiger charge is 2.32. The number of alkyl halides is 1. The second-order valence-corrected chi connectivity index (χ2v) is 6.50. The number of anilines is 1. The van der Waals surface area contributed by atoms with Crippen molar-refractivity contribution in [3.8, 4) is 0 Å². The Kier molecular flexibility index (Phi) is 3.28. The molecule has 3 rings (SSSR count). The number of thiophene rings is 1. The molecule has 5 heteroatoms. The van der Waals surface area contributed by atoms with Gasteiger partial charge >= 0.3 is 0 Å². The summed E-state index contributed by atoms with van der Waals surface area (Å²) in [5.74, 6) is 1.84. The lowest BCUT2D eigenvalue weighted by Gasteiger charge is -2.26. The molecular weight excluding hydrogens is 310 g/mol. The first-order chi connectivity index (χ1) is 8.72. The molecule has 0 radical (unpaired) electrons. The van der Waals surface area contributed by atoms with Crippen LogP contribution in [0.1, 0.15) is 18.9 Å². The van der Waals surface area contributed by atoms with Crippen molar-refractivity contribution in [2.45, 2.75) is 26.3 Å². The minimum atomic E-state index is 0.547. The third-order valence-corrected chi connectivity index (χ3v) is 5.57. The van der Waals surface area contributed by atoms with Gasteiger partial charge in [0, 0.05) is 17.9 Å². The lowest BCUT2D eigenvalue weighted by atomic mass is 10.1. The zero-order valence-corrected chi connectivity index (χ0v) is 13.0. The van der Waals surface area contributed by atoms with Gasteiger partial charge in [-0.3, -0.25) is 0 Å². The largest absolute Gasteiger partial charge is 0.351 e. The van der Waals surface area contributed by atoms with Gasteiger partial charge in [0.25, 0.3) is 0 Å². The molecule has 1 aliphatic rings. The van der Waals surface area contributed by atoms with Crippen molar-refractivity contribution in [3.63, 3.8) is 0 Å². The first kappa shape index (κ1) is 12.4. The molecule has 1 saturated heterocycles. The summed E-state index contributed by atoms with van der Waals surface area (Å²) in [5, 5.41) is 3.18. The molecule has 0 spiro atoms. The Morgan fingerprint density at radius 1 is 1.50 bits per heavy atom. The van der Waals surface area contributed by atoms with Gasteiger partial charge in [-0.2, -0.15) is 0 Å². The topological polar surface area (TPSA) is 29.0 Å². The van der Waals surface area contributed by atoms with Crippen LogP contribution in [-0.2, 0) is 0 Å². The Balaban J connectivity index is 2.09. The maximum Gasteiger partial charge on any atom is 0.150 e. The van der Waals surface area contributed by atoms with Crippen LogP contribution in [0.2, 0.25) is 0 Å². The van der Waals surface area contributed by atoms with Crippen molar-refractivity contribution in [3.05, 3.63) is 17.3 Å². The van der Waals surface area contributed by atoms with E-state index in [0.29, 0.717) is 6.04 Å². The van der Waals surface area contributed by atoms with Crippen LogP contribution in [0.3, 0.4) is 0 Å². The predicted octanol–water partition coefficient (Wildman–Crippen LogP) is 3.61. The molecule has 3 nitrogen and oxygen atoms in total. The number of hydrogen-bond donors (Lipinski definition) is 0. The van der Waals surface area contributed by atoms with Crippen LogP contribution in [-0.4, -0.2) is 27.9 Å². The molecule has 1 fully saturated rings. The van der Waals surface area contributed by atoms with E-state index in [-0.39, 0.29) is 0 Å². The monoisotopic (exact) mass is 325 g/mol. The molecule has 3 heterocycles. The quantitative estimate of drug-likeness (QED) is 0.790. The molecule has 0 N–H and O–H groups in total. The number of nitrogens with zero attached hydrogens (tertiary/aromatic N) is 3. The van der Waals surface area contributed by atoms with Crippen molar-refractivity contribution >= 4 is 43.3 Å². The van der Waals surface area contributed by atoms with E-state index in [9.17, 15) is 0 Å². The minimum absolute atomic E-state index is 0.547. The summed E-state index contributed by atoms with van der Waals surface area (Å²) in [6, 6.07) is 0.547. The van der Waals surface area contributed by atoms with E-state index in [1.165, 1.54) is 16.7 Å². The third-order valence-electron chi connectivity index (χ3n) is 3.82. The number of aromatic nitrogens is 2. The van der Waals surface area contributed by atoms with Gasteiger partial charge in [-0.05, 0) is 30.2 Å². The van der Waals surface area contributed by atoms with Crippen LogP contribution in [0.25, 0.3) is 10.2 Å². The molecule has 2 aromatic rings. The summed E-state index contributed by atoms with van der Waals surface area (Å²) in [7, 11) is 0. The normalized spacial score (nSPS) is 24.1. The van der Waals surface area contributed by atoms with E-state index < -0.39 is 0 Å². The number of hydrogen-bond acceptors (Lipinski definition) is 4. The fourth-order valence-electron chi connectivity index (χ4n) is 2.67. The smallest absolute Gasteiger partial charge is 0.150 e. The van der Waals surface area contributed by atoms with E-state index >= 15 is 0 Å². The molecule has 2 aromatic heterocycles. The summed E-state index contributed by atoms with van der Waals surface area (Å²) >= 11 is 5.40. The number of halogens is 1. The molecular formula is C13H16BrN3S. The Morgan fingerprint density at radius 2 is 2.33 bits per heavy atom. The maximum absolute atomic E-state index is 4.54. The summed E-state index contributed by atoms with van der Waals surface area (Å²) < 4.78 is 1.23. The highest BCUT2D eigenvalue weighted by molar-refractivity contribution is 9.09. The van der Waals surface area contributed by atoms with Gasteiger partial charge in [0.1, 0.15) is 12.1 Å². The van der Waals surface area contributed by atoms with Gasteiger partial charge in [0.15, 0.2) is 0 Å². The number of aryl methyl sites for hydroxylation is 1. The number of rotatable bonds is 2. The van der Waals surface area contributed by atoms with E-state index in [0.717, 1.165) is 29.1 Å². The molecule has 2 unspecified atom stereocenters. The Morgan fingerprint density at radius 3 is 3.11 bits per heavy atom. The van der Waals surface area contributed by atoms with Gasteiger partial charge in [-0.15, -0.1) is 11.3 Å². The van der Waals surface area contributed by atoms with Gasteiger partial charge in [-0.25, -0.2) is 9.97 Å². The van der Waals surface area contributed by atoms with Crippen molar-refractivity contribution in [2.75, 3.05) is 16.8 Å². The average Bonchev–Trinajstić information content (AvgIpc) is 2.93. The van der Waals surface area contributed by atoms with Crippen LogP contribution in [0, 0.1) is 12.8 Å². The molecule has 2 atom stereocenters. The van der Waals surface area contributed by atoms with Crippen molar-refractivity contribution < 1.29 is 0 Å². The molecule has 0 amide bonds. The van der Waals surface area contributed by atoms with E-state index in [1.54, 1.807) is 17.7 Å². The fraction of sp³-hybridized carbons (Fsp3) is 0.538. The highest BCUT2D eigenvalue weighted by Crippen LogP contribution is 2.36. The molecule has 96 valence electrons. The lowest BCUT2D eigenvalue weighted by Crippen LogP contribution is -2.34. The standard InChI is InChI=1S/C13H16BrN3S/c1-8-3-4-17(10(8)5-14)13-12-11(15-7-16-13)9(2)6-18-12/h6-8,10H,3-5H2,1-2H3. The Hall–Kier alpha value is -0.680. The second-order valence-electron chi connectivity index (χ2n) is 4.97. The molecule has 18 heavy (non-hydrogen) atoms. The van der Waals surface area contributed by atoms with Crippen molar-refractivity contribution in [2.24, 2.45) is 5.92 Å². The van der Waals surface area contributed by atoms with Crippen LogP contribution >= 0.6 is 27.3 Å². The first-order valence-corrected chi connectivity index (χ1v) is 8.24.